The number of carboxylic acid groups (broad SMARTS) is 1. The number of nitrogens with one attached hydrogen (secondary N) is 1. The third-order valence-electron chi connectivity index (χ3n) is 7.52. The molecule has 2 aliphatic heterocycles. The second kappa shape index (κ2) is 11.9. The Labute approximate surface area is 238 Å². The molecular weight excluding hydrogens is 522 g/mol. The summed E-state index contributed by atoms with van der Waals surface area (Å²) in [4.78, 5) is 47.8. The summed E-state index contributed by atoms with van der Waals surface area (Å²) in [6, 6.07) is 15.6. The van der Waals surface area contributed by atoms with Crippen LogP contribution < -0.4 is 5.56 Å². The van der Waals surface area contributed by atoms with E-state index in [0.29, 0.717) is 6.54 Å². The highest BCUT2D eigenvalue weighted by Gasteiger charge is 2.40. The maximum absolute atomic E-state index is 13.2. The van der Waals surface area contributed by atoms with Crippen LogP contribution in [-0.4, -0.2) is 72.6 Å². The molecule has 3 aromatic rings. The molecular formula is C31H33N5O5. The molecule has 0 spiro atoms. The lowest BCUT2D eigenvalue weighted by Gasteiger charge is -2.38. The van der Waals surface area contributed by atoms with Crippen molar-refractivity contribution in [1.29, 1.82) is 0 Å². The van der Waals surface area contributed by atoms with E-state index in [1.54, 1.807) is 9.80 Å². The van der Waals surface area contributed by atoms with Gasteiger partial charge in [0.1, 0.15) is 5.69 Å². The molecule has 2 fully saturated rings. The molecule has 0 aliphatic carbocycles. The van der Waals surface area contributed by atoms with Crippen molar-refractivity contribution in [3.63, 3.8) is 0 Å². The number of carbonyl (C=O) groups is 2. The Morgan fingerprint density at radius 3 is 2.24 bits per heavy atom. The Kier molecular flexibility index (Phi) is 8.08. The van der Waals surface area contributed by atoms with E-state index in [4.69, 9.17) is 5.11 Å². The fraction of sp³-hybridized carbons (Fsp3) is 0.355. The van der Waals surface area contributed by atoms with Gasteiger partial charge in [-0.3, -0.25) is 14.5 Å². The fourth-order valence-electron chi connectivity index (χ4n) is 5.44. The number of aliphatic carboxylic acids is 1. The molecule has 10 heteroatoms. The van der Waals surface area contributed by atoms with E-state index in [2.05, 4.69) is 38.8 Å². The predicted molar refractivity (Wildman–Crippen MR) is 152 cm³/mol. The number of rotatable bonds is 8. The van der Waals surface area contributed by atoms with Crippen LogP contribution in [0.3, 0.4) is 0 Å². The maximum Gasteiger partial charge on any atom is 0.321 e. The summed E-state index contributed by atoms with van der Waals surface area (Å²) in [7, 11) is 0. The minimum atomic E-state index is -0.733. The number of carboxylic acids is 1. The first kappa shape index (κ1) is 27.9. The monoisotopic (exact) mass is 555 g/mol. The van der Waals surface area contributed by atoms with E-state index in [-0.39, 0.29) is 42.7 Å². The van der Waals surface area contributed by atoms with Gasteiger partial charge in [-0.15, -0.1) is 0 Å². The molecule has 1 unspecified atom stereocenters. The zero-order valence-corrected chi connectivity index (χ0v) is 23.1. The van der Waals surface area contributed by atoms with E-state index >= 15 is 0 Å². The first-order valence-corrected chi connectivity index (χ1v) is 13.7. The largest absolute Gasteiger partial charge is 0.502 e. The number of aromatic amines is 1. The van der Waals surface area contributed by atoms with Gasteiger partial charge in [0.2, 0.25) is 5.75 Å². The highest BCUT2D eigenvalue weighted by molar-refractivity contribution is 5.78. The second-order valence-electron chi connectivity index (χ2n) is 10.9. The number of aromatic nitrogens is 2. The van der Waals surface area contributed by atoms with Crippen LogP contribution in [0, 0.1) is 17.8 Å². The Balaban J connectivity index is 1.21. The van der Waals surface area contributed by atoms with Crippen LogP contribution >= 0.6 is 0 Å². The molecule has 5 rings (SSSR count). The van der Waals surface area contributed by atoms with Crippen LogP contribution in [0.2, 0.25) is 0 Å². The number of amides is 2. The molecule has 2 saturated heterocycles. The van der Waals surface area contributed by atoms with Gasteiger partial charge in [0.25, 0.3) is 5.56 Å². The topological polar surface area (TPSA) is 130 Å². The minimum absolute atomic E-state index is 0.0416. The first-order chi connectivity index (χ1) is 19.7. The molecule has 2 aliphatic rings. The van der Waals surface area contributed by atoms with Gasteiger partial charge in [0, 0.05) is 43.3 Å². The Morgan fingerprint density at radius 1 is 1.00 bits per heavy atom. The molecule has 0 saturated carbocycles. The van der Waals surface area contributed by atoms with Gasteiger partial charge in [0.15, 0.2) is 0 Å². The summed E-state index contributed by atoms with van der Waals surface area (Å²) in [6.07, 6.45) is 1.46. The van der Waals surface area contributed by atoms with Crippen molar-refractivity contribution in [2.75, 3.05) is 19.6 Å². The summed E-state index contributed by atoms with van der Waals surface area (Å²) < 4.78 is 0. The summed E-state index contributed by atoms with van der Waals surface area (Å²) in [6.45, 7) is 6.81. The Hall–Kier alpha value is -4.62. The lowest BCUT2D eigenvalue weighted by molar-refractivity contribution is -0.139. The van der Waals surface area contributed by atoms with Crippen molar-refractivity contribution >= 4 is 12.0 Å². The van der Waals surface area contributed by atoms with Gasteiger partial charge in [-0.25, -0.2) is 9.78 Å². The number of hydrogen-bond acceptors (Lipinski definition) is 6. The molecule has 0 bridgehead atoms. The third-order valence-corrected chi connectivity index (χ3v) is 7.52. The van der Waals surface area contributed by atoms with Crippen molar-refractivity contribution in [3.05, 3.63) is 93.2 Å². The highest BCUT2D eigenvalue weighted by Crippen LogP contribution is 2.33. The van der Waals surface area contributed by atoms with Crippen LogP contribution in [0.1, 0.15) is 54.3 Å². The Bertz CT molecular complexity index is 1530. The van der Waals surface area contributed by atoms with Gasteiger partial charge in [-0.1, -0.05) is 36.1 Å². The van der Waals surface area contributed by atoms with E-state index < -0.39 is 17.3 Å². The molecule has 2 amide bonds. The van der Waals surface area contributed by atoms with Crippen molar-refractivity contribution in [3.8, 4) is 17.6 Å². The van der Waals surface area contributed by atoms with Crippen molar-refractivity contribution in [2.45, 2.75) is 45.4 Å². The van der Waals surface area contributed by atoms with Gasteiger partial charge < -0.3 is 25.0 Å². The molecule has 1 aromatic heterocycles. The Morgan fingerprint density at radius 2 is 1.63 bits per heavy atom. The smallest absolute Gasteiger partial charge is 0.321 e. The molecule has 2 aromatic carbocycles. The number of H-pyrrole nitrogens is 1. The lowest BCUT2D eigenvalue weighted by atomic mass is 9.95. The molecule has 3 heterocycles. The number of likely N-dealkylation sites (tertiary alicyclic amines) is 1. The summed E-state index contributed by atoms with van der Waals surface area (Å²) in [5.41, 5.74) is 3.45. The molecule has 1 atom stereocenters. The lowest BCUT2D eigenvalue weighted by Crippen LogP contribution is -2.46. The molecule has 212 valence electrons. The minimum Gasteiger partial charge on any atom is -0.502 e. The normalized spacial score (nSPS) is 17.4. The average molecular weight is 556 g/mol. The molecule has 41 heavy (non-hydrogen) atoms. The van der Waals surface area contributed by atoms with Crippen LogP contribution in [-0.2, 0) is 17.9 Å². The average Bonchev–Trinajstić information content (AvgIpc) is 3.25. The predicted octanol–water partition coefficient (Wildman–Crippen LogP) is 3.17. The van der Waals surface area contributed by atoms with Crippen LogP contribution in [0.4, 0.5) is 4.79 Å². The zero-order chi connectivity index (χ0) is 29.1. The van der Waals surface area contributed by atoms with Crippen LogP contribution in [0.15, 0.2) is 59.7 Å². The maximum atomic E-state index is 13.2. The van der Waals surface area contributed by atoms with Crippen LogP contribution in [0.25, 0.3) is 0 Å². The summed E-state index contributed by atoms with van der Waals surface area (Å²) in [5, 5.41) is 19.0. The third kappa shape index (κ3) is 6.42. The number of benzene rings is 2. The second-order valence-corrected chi connectivity index (χ2v) is 10.9. The SMILES string of the molecule is CC(C)N1C(=O)N(Cc2nc[nH]c(=O)c2O)CC1c1ccc(C#Cc2ccc(CN3CC(CC(=O)O)C3)cc2)cc1. The molecule has 3 N–H and O–H groups in total. The zero-order valence-electron chi connectivity index (χ0n) is 23.1. The van der Waals surface area contributed by atoms with E-state index in [1.165, 1.54) is 11.9 Å². The number of nitrogens with zero attached hydrogens (tertiary/aromatic N) is 4. The fourth-order valence-corrected chi connectivity index (χ4v) is 5.44. The van der Waals surface area contributed by atoms with Crippen molar-refractivity contribution in [1.82, 2.24) is 24.7 Å². The first-order valence-electron chi connectivity index (χ1n) is 13.7. The van der Waals surface area contributed by atoms with Crippen LogP contribution in [0.5, 0.6) is 5.75 Å². The van der Waals surface area contributed by atoms with E-state index in [1.807, 2.05) is 50.2 Å². The standard InChI is InChI=1S/C31H33N5O5/c1-20(2)36-27(18-35(31(36)41)17-26-29(39)30(40)33-19-32-26)25-11-9-22(10-12-25)4-3-21-5-7-23(8-6-21)14-34-15-24(16-34)13-28(37)38/h5-12,19-20,24,27,39H,13-18H2,1-2H3,(H,37,38)(H,32,33,40). The van der Waals surface area contributed by atoms with E-state index in [9.17, 15) is 19.5 Å². The number of hydrogen-bond donors (Lipinski definition) is 3. The summed E-state index contributed by atoms with van der Waals surface area (Å²) in [5.74, 6) is 5.45. The van der Waals surface area contributed by atoms with Crippen molar-refractivity contribution in [2.24, 2.45) is 5.92 Å². The number of aromatic hydroxyl groups is 1. The van der Waals surface area contributed by atoms with Crippen molar-refractivity contribution < 1.29 is 19.8 Å². The summed E-state index contributed by atoms with van der Waals surface area (Å²) >= 11 is 0. The quantitative estimate of drug-likeness (QED) is 0.364. The van der Waals surface area contributed by atoms with E-state index in [0.717, 1.165) is 36.3 Å². The molecule has 10 nitrogen and oxygen atoms in total. The molecule has 0 radical (unpaired) electrons. The van der Waals surface area contributed by atoms with Gasteiger partial charge in [-0.05, 0) is 55.2 Å². The highest BCUT2D eigenvalue weighted by atomic mass is 16.4. The number of urea groups is 1. The number of carbonyl (C=O) groups excluding carboxylic acids is 1. The van der Waals surface area contributed by atoms with Gasteiger partial charge in [-0.2, -0.15) is 0 Å². The van der Waals surface area contributed by atoms with Gasteiger partial charge >= 0.3 is 12.0 Å². The van der Waals surface area contributed by atoms with Gasteiger partial charge in [0.05, 0.1) is 25.3 Å².